The zero-order chi connectivity index (χ0) is 14.1. The van der Waals surface area contributed by atoms with Crippen LogP contribution in [0.5, 0.6) is 0 Å². The van der Waals surface area contributed by atoms with Gasteiger partial charge in [-0.3, -0.25) is 4.79 Å². The number of fused-ring (bicyclic) bond motifs is 1. The van der Waals surface area contributed by atoms with Crippen LogP contribution in [0, 0.1) is 13.8 Å². The fraction of sp³-hybridized carbons (Fsp3) is 0.154. The zero-order valence-corrected chi connectivity index (χ0v) is 11.0. The average molecular weight is 268 g/mol. The summed E-state index contributed by atoms with van der Waals surface area (Å²) in [6.07, 6.45) is 1.44. The lowest BCUT2D eigenvalue weighted by molar-refractivity contribution is 0.102. The van der Waals surface area contributed by atoms with Gasteiger partial charge in [0.1, 0.15) is 0 Å². The molecule has 0 aliphatic rings. The molecule has 7 nitrogen and oxygen atoms in total. The Morgan fingerprint density at radius 1 is 1.15 bits per heavy atom. The molecule has 0 unspecified atom stereocenters. The van der Waals surface area contributed by atoms with E-state index in [2.05, 4.69) is 30.7 Å². The minimum Gasteiger partial charge on any atom is -0.304 e. The van der Waals surface area contributed by atoms with E-state index in [4.69, 9.17) is 0 Å². The third-order valence-electron chi connectivity index (χ3n) is 2.99. The van der Waals surface area contributed by atoms with Gasteiger partial charge in [-0.2, -0.15) is 10.3 Å². The monoisotopic (exact) mass is 268 g/mol. The van der Waals surface area contributed by atoms with E-state index in [1.54, 1.807) is 18.2 Å². The van der Waals surface area contributed by atoms with Crippen molar-refractivity contribution in [3.05, 3.63) is 41.3 Å². The van der Waals surface area contributed by atoms with Gasteiger partial charge in [-0.25, -0.2) is 9.97 Å². The quantitative estimate of drug-likeness (QED) is 0.736. The van der Waals surface area contributed by atoms with Crippen LogP contribution in [-0.4, -0.2) is 31.3 Å². The third kappa shape index (κ3) is 2.20. The smallest absolute Gasteiger partial charge is 0.256 e. The Kier molecular flexibility index (Phi) is 2.86. The number of carbonyl (C=O) groups excluding carboxylic acids is 1. The molecule has 0 saturated carbocycles. The molecule has 0 spiro atoms. The number of H-pyrrole nitrogens is 1. The van der Waals surface area contributed by atoms with Crippen LogP contribution in [0.25, 0.3) is 11.0 Å². The van der Waals surface area contributed by atoms with E-state index >= 15 is 0 Å². The van der Waals surface area contributed by atoms with Gasteiger partial charge >= 0.3 is 0 Å². The SMILES string of the molecule is Cc1nc2ccc(C(=O)Nc3cn[nH]n3)cc2nc1C. The van der Waals surface area contributed by atoms with Crippen molar-refractivity contribution in [2.45, 2.75) is 13.8 Å². The van der Waals surface area contributed by atoms with Crippen LogP contribution >= 0.6 is 0 Å². The highest BCUT2D eigenvalue weighted by Crippen LogP contribution is 2.15. The lowest BCUT2D eigenvalue weighted by Crippen LogP contribution is -2.12. The lowest BCUT2D eigenvalue weighted by Gasteiger charge is -2.05. The van der Waals surface area contributed by atoms with E-state index in [1.807, 2.05) is 13.8 Å². The molecule has 0 radical (unpaired) electrons. The molecule has 0 saturated heterocycles. The molecule has 2 heterocycles. The molecule has 100 valence electrons. The number of hydrogen-bond acceptors (Lipinski definition) is 5. The lowest BCUT2D eigenvalue weighted by atomic mass is 10.1. The number of aromatic nitrogens is 5. The maximum absolute atomic E-state index is 12.1. The molecule has 3 aromatic rings. The molecule has 0 fully saturated rings. The van der Waals surface area contributed by atoms with Crippen LogP contribution in [0.3, 0.4) is 0 Å². The minimum atomic E-state index is -0.263. The molecule has 7 heteroatoms. The maximum Gasteiger partial charge on any atom is 0.256 e. The first-order chi connectivity index (χ1) is 9.63. The van der Waals surface area contributed by atoms with Crippen molar-refractivity contribution in [3.63, 3.8) is 0 Å². The van der Waals surface area contributed by atoms with E-state index < -0.39 is 0 Å². The molecule has 2 aromatic heterocycles. The molecule has 2 N–H and O–H groups in total. The molecule has 0 bridgehead atoms. The molecular formula is C13H12N6O. The van der Waals surface area contributed by atoms with Crippen LogP contribution in [-0.2, 0) is 0 Å². The van der Waals surface area contributed by atoms with Crippen molar-refractivity contribution in [1.29, 1.82) is 0 Å². The fourth-order valence-corrected chi connectivity index (χ4v) is 1.82. The van der Waals surface area contributed by atoms with Crippen LogP contribution in [0.1, 0.15) is 21.7 Å². The van der Waals surface area contributed by atoms with E-state index in [1.165, 1.54) is 6.20 Å². The van der Waals surface area contributed by atoms with E-state index in [0.29, 0.717) is 16.9 Å². The number of aryl methyl sites for hydroxylation is 2. The molecular weight excluding hydrogens is 256 g/mol. The maximum atomic E-state index is 12.1. The van der Waals surface area contributed by atoms with E-state index in [9.17, 15) is 4.79 Å². The third-order valence-corrected chi connectivity index (χ3v) is 2.99. The van der Waals surface area contributed by atoms with Gasteiger partial charge in [-0.1, -0.05) is 0 Å². The topological polar surface area (TPSA) is 96.5 Å². The van der Waals surface area contributed by atoms with Crippen molar-refractivity contribution in [3.8, 4) is 0 Å². The van der Waals surface area contributed by atoms with Gasteiger partial charge in [0.25, 0.3) is 5.91 Å². The summed E-state index contributed by atoms with van der Waals surface area (Å²) in [4.78, 5) is 20.9. The second kappa shape index (κ2) is 4.69. The Labute approximate surface area is 114 Å². The van der Waals surface area contributed by atoms with Gasteiger partial charge in [0.15, 0.2) is 5.82 Å². The van der Waals surface area contributed by atoms with E-state index in [-0.39, 0.29) is 5.91 Å². The summed E-state index contributed by atoms with van der Waals surface area (Å²) in [5.74, 6) is 0.113. The normalized spacial score (nSPS) is 10.7. The zero-order valence-electron chi connectivity index (χ0n) is 11.0. The molecule has 0 atom stereocenters. The van der Waals surface area contributed by atoms with E-state index in [0.717, 1.165) is 16.9 Å². The second-order valence-corrected chi connectivity index (χ2v) is 4.41. The number of nitrogens with zero attached hydrogens (tertiary/aromatic N) is 4. The Morgan fingerprint density at radius 2 is 1.90 bits per heavy atom. The average Bonchev–Trinajstić information content (AvgIpc) is 2.92. The molecule has 1 amide bonds. The first kappa shape index (κ1) is 12.2. The predicted octanol–water partition coefficient (Wildman–Crippen LogP) is 1.62. The molecule has 3 rings (SSSR count). The first-order valence-electron chi connectivity index (χ1n) is 6.05. The van der Waals surface area contributed by atoms with Crippen molar-refractivity contribution in [2.24, 2.45) is 0 Å². The summed E-state index contributed by atoms with van der Waals surface area (Å²) >= 11 is 0. The number of aromatic amines is 1. The van der Waals surface area contributed by atoms with Crippen LogP contribution in [0.4, 0.5) is 5.82 Å². The Balaban J connectivity index is 1.96. The number of carbonyl (C=O) groups is 1. The molecule has 0 aliphatic heterocycles. The summed E-state index contributed by atoms with van der Waals surface area (Å²) in [7, 11) is 0. The van der Waals surface area contributed by atoms with Gasteiger partial charge < -0.3 is 5.32 Å². The summed E-state index contributed by atoms with van der Waals surface area (Å²) in [6.45, 7) is 3.80. The Morgan fingerprint density at radius 3 is 2.60 bits per heavy atom. The highest BCUT2D eigenvalue weighted by Gasteiger charge is 2.10. The van der Waals surface area contributed by atoms with Gasteiger partial charge in [0, 0.05) is 5.56 Å². The van der Waals surface area contributed by atoms with Gasteiger partial charge in [0.2, 0.25) is 0 Å². The number of amides is 1. The summed E-state index contributed by atoms with van der Waals surface area (Å²) < 4.78 is 0. The van der Waals surface area contributed by atoms with Crippen molar-refractivity contribution in [2.75, 3.05) is 5.32 Å². The first-order valence-corrected chi connectivity index (χ1v) is 6.05. The summed E-state index contributed by atoms with van der Waals surface area (Å²) in [6, 6.07) is 5.21. The number of anilines is 1. The van der Waals surface area contributed by atoms with Crippen LogP contribution in [0.15, 0.2) is 24.4 Å². The van der Waals surface area contributed by atoms with Crippen molar-refractivity contribution >= 4 is 22.8 Å². The molecule has 0 aliphatic carbocycles. The van der Waals surface area contributed by atoms with Crippen molar-refractivity contribution in [1.82, 2.24) is 25.4 Å². The van der Waals surface area contributed by atoms with Crippen LogP contribution < -0.4 is 5.32 Å². The summed E-state index contributed by atoms with van der Waals surface area (Å²) in [5, 5.41) is 12.5. The van der Waals surface area contributed by atoms with Gasteiger partial charge in [0.05, 0.1) is 28.6 Å². The molecule has 1 aromatic carbocycles. The highest BCUT2D eigenvalue weighted by molar-refractivity contribution is 6.05. The fourth-order valence-electron chi connectivity index (χ4n) is 1.82. The number of hydrogen-bond donors (Lipinski definition) is 2. The second-order valence-electron chi connectivity index (χ2n) is 4.41. The summed E-state index contributed by atoms with van der Waals surface area (Å²) in [5.41, 5.74) is 3.70. The van der Waals surface area contributed by atoms with Gasteiger partial charge in [-0.05, 0) is 32.0 Å². The Bertz CT molecular complexity index is 781. The Hall–Kier alpha value is -2.83. The largest absolute Gasteiger partial charge is 0.304 e. The van der Waals surface area contributed by atoms with Crippen LogP contribution in [0.2, 0.25) is 0 Å². The predicted molar refractivity (Wildman–Crippen MR) is 73.3 cm³/mol. The molecule has 20 heavy (non-hydrogen) atoms. The minimum absolute atomic E-state index is 0.263. The number of nitrogens with one attached hydrogen (secondary N) is 2. The highest BCUT2D eigenvalue weighted by atomic mass is 16.1. The number of benzene rings is 1. The standard InChI is InChI=1S/C13H12N6O/c1-7-8(2)16-11-5-9(3-4-10(11)15-7)13(20)17-12-6-14-19-18-12/h3-6H,1-2H3,(H2,14,17,18,19,20). The van der Waals surface area contributed by atoms with Gasteiger partial charge in [-0.15, -0.1) is 5.10 Å². The van der Waals surface area contributed by atoms with Crippen molar-refractivity contribution < 1.29 is 4.79 Å². The number of rotatable bonds is 2.